The van der Waals surface area contributed by atoms with Gasteiger partial charge in [-0.1, -0.05) is 6.07 Å². The van der Waals surface area contributed by atoms with Crippen molar-refractivity contribution in [3.63, 3.8) is 0 Å². The second-order valence-electron chi connectivity index (χ2n) is 6.51. The van der Waals surface area contributed by atoms with E-state index in [0.29, 0.717) is 25.6 Å². The van der Waals surface area contributed by atoms with Crippen LogP contribution < -0.4 is 4.90 Å². The number of nitriles is 1. The minimum Gasteiger partial charge on any atom is -0.381 e. The largest absolute Gasteiger partial charge is 0.381 e. The first-order valence-corrected chi connectivity index (χ1v) is 8.54. The molecule has 0 unspecified atom stereocenters. The topological polar surface area (TPSA) is 56.6 Å². The van der Waals surface area contributed by atoms with Crippen molar-refractivity contribution in [2.75, 3.05) is 38.2 Å². The number of aryl methyl sites for hydroxylation is 2. The summed E-state index contributed by atoms with van der Waals surface area (Å²) in [6, 6.07) is 8.26. The summed E-state index contributed by atoms with van der Waals surface area (Å²) in [7, 11) is 1.75. The van der Waals surface area contributed by atoms with Crippen LogP contribution in [0.3, 0.4) is 0 Å². The van der Waals surface area contributed by atoms with Crippen molar-refractivity contribution < 1.29 is 9.53 Å². The molecule has 130 valence electrons. The average Bonchev–Trinajstić information content (AvgIpc) is 2.55. The van der Waals surface area contributed by atoms with Crippen LogP contribution in [0, 0.1) is 25.2 Å². The Kier molecular flexibility index (Phi) is 6.77. The van der Waals surface area contributed by atoms with Crippen LogP contribution in [0.5, 0.6) is 0 Å². The van der Waals surface area contributed by atoms with Gasteiger partial charge in [-0.05, 0) is 49.9 Å². The van der Waals surface area contributed by atoms with Crippen LogP contribution in [0.4, 0.5) is 5.69 Å². The number of piperidine rings is 1. The van der Waals surface area contributed by atoms with Crippen LogP contribution in [0.25, 0.3) is 0 Å². The second kappa shape index (κ2) is 8.81. The highest BCUT2D eigenvalue weighted by atomic mass is 16.5. The van der Waals surface area contributed by atoms with Crippen LogP contribution in [0.1, 0.15) is 30.4 Å². The first kappa shape index (κ1) is 18.4. The molecule has 0 aromatic heterocycles. The lowest BCUT2D eigenvalue weighted by molar-refractivity contribution is -0.120. The number of carbonyl (C=O) groups is 1. The molecule has 1 saturated heterocycles. The third-order valence-electron chi connectivity index (χ3n) is 4.49. The van der Waals surface area contributed by atoms with E-state index in [1.165, 1.54) is 0 Å². The van der Waals surface area contributed by atoms with Gasteiger partial charge in [-0.3, -0.25) is 9.69 Å². The van der Waals surface area contributed by atoms with Gasteiger partial charge in [0.1, 0.15) is 0 Å². The van der Waals surface area contributed by atoms with Crippen molar-refractivity contribution in [3.05, 3.63) is 29.3 Å². The van der Waals surface area contributed by atoms with Crippen molar-refractivity contribution in [2.45, 2.75) is 39.2 Å². The first-order chi connectivity index (χ1) is 11.5. The zero-order chi connectivity index (χ0) is 17.5. The summed E-state index contributed by atoms with van der Waals surface area (Å²) in [6.45, 7) is 6.64. The lowest BCUT2D eigenvalue weighted by atomic mass is 10.1. The Morgan fingerprint density at radius 2 is 1.92 bits per heavy atom. The molecule has 1 aromatic rings. The number of carbonyl (C=O) groups excluding carboxylic acids is 1. The smallest absolute Gasteiger partial charge is 0.241 e. The third kappa shape index (κ3) is 5.05. The summed E-state index contributed by atoms with van der Waals surface area (Å²) >= 11 is 0. The summed E-state index contributed by atoms with van der Waals surface area (Å²) < 4.78 is 5.38. The van der Waals surface area contributed by atoms with E-state index in [1.54, 1.807) is 12.0 Å². The Labute approximate surface area is 144 Å². The zero-order valence-corrected chi connectivity index (χ0v) is 14.9. The molecule has 1 aliphatic heterocycles. The van der Waals surface area contributed by atoms with E-state index in [0.717, 1.165) is 42.7 Å². The molecule has 5 heteroatoms. The molecule has 0 N–H and O–H groups in total. The molecule has 1 amide bonds. The van der Waals surface area contributed by atoms with Crippen molar-refractivity contribution in [3.8, 4) is 6.07 Å². The fourth-order valence-corrected chi connectivity index (χ4v) is 3.25. The fourth-order valence-electron chi connectivity index (χ4n) is 3.25. The molecule has 0 atom stereocenters. The van der Waals surface area contributed by atoms with Gasteiger partial charge >= 0.3 is 0 Å². The van der Waals surface area contributed by atoms with Gasteiger partial charge in [0.05, 0.1) is 25.1 Å². The van der Waals surface area contributed by atoms with E-state index in [1.807, 2.05) is 26.0 Å². The van der Waals surface area contributed by atoms with Crippen LogP contribution in [-0.4, -0.2) is 50.2 Å². The number of methoxy groups -OCH3 is 1. The van der Waals surface area contributed by atoms with Crippen molar-refractivity contribution in [1.29, 1.82) is 5.26 Å². The summed E-state index contributed by atoms with van der Waals surface area (Å²) in [5, 5.41) is 8.92. The van der Waals surface area contributed by atoms with Gasteiger partial charge in [-0.25, -0.2) is 0 Å². The summed E-state index contributed by atoms with van der Waals surface area (Å²) in [6.07, 6.45) is 2.58. The maximum atomic E-state index is 12.8. The van der Waals surface area contributed by atoms with E-state index in [9.17, 15) is 4.79 Å². The first-order valence-electron chi connectivity index (χ1n) is 8.54. The Morgan fingerprint density at radius 1 is 1.29 bits per heavy atom. The molecule has 1 fully saturated rings. The SMILES string of the molecule is COC1CCN(CC(=O)N(CCC#N)c2cc(C)cc(C)c2)CC1. The maximum Gasteiger partial charge on any atom is 0.241 e. The number of likely N-dealkylation sites (tertiary alicyclic amines) is 1. The normalized spacial score (nSPS) is 15.9. The Bertz CT molecular complexity index is 581. The van der Waals surface area contributed by atoms with Crippen molar-refractivity contribution in [2.24, 2.45) is 0 Å². The number of anilines is 1. The predicted octanol–water partition coefficient (Wildman–Crippen LogP) is 2.66. The average molecular weight is 329 g/mol. The van der Waals surface area contributed by atoms with Crippen LogP contribution in [0.15, 0.2) is 18.2 Å². The molecular formula is C19H27N3O2. The van der Waals surface area contributed by atoms with E-state index in [2.05, 4.69) is 17.0 Å². The third-order valence-corrected chi connectivity index (χ3v) is 4.49. The van der Waals surface area contributed by atoms with E-state index in [-0.39, 0.29) is 5.91 Å². The number of nitrogens with zero attached hydrogens (tertiary/aromatic N) is 3. The second-order valence-corrected chi connectivity index (χ2v) is 6.51. The molecule has 5 nitrogen and oxygen atoms in total. The molecular weight excluding hydrogens is 302 g/mol. The fraction of sp³-hybridized carbons (Fsp3) is 0.579. The summed E-state index contributed by atoms with van der Waals surface area (Å²) in [5.74, 6) is 0.0612. The van der Waals surface area contributed by atoms with Gasteiger partial charge in [-0.15, -0.1) is 0 Å². The van der Waals surface area contributed by atoms with Gasteiger partial charge in [-0.2, -0.15) is 5.26 Å². The van der Waals surface area contributed by atoms with Gasteiger partial charge < -0.3 is 9.64 Å². The van der Waals surface area contributed by atoms with E-state index in [4.69, 9.17) is 10.00 Å². The standard InChI is InChI=1S/C19H27N3O2/c1-15-11-16(2)13-17(12-15)22(8-4-7-20)19(23)14-21-9-5-18(24-3)6-10-21/h11-13,18H,4-6,8-10,14H2,1-3H3. The van der Waals surface area contributed by atoms with Gasteiger partial charge in [0, 0.05) is 32.4 Å². The monoisotopic (exact) mass is 329 g/mol. The number of hydrogen-bond acceptors (Lipinski definition) is 4. The Hall–Kier alpha value is -1.90. The summed E-state index contributed by atoms with van der Waals surface area (Å²) in [4.78, 5) is 16.8. The van der Waals surface area contributed by atoms with Gasteiger partial charge in [0.25, 0.3) is 0 Å². The lowest BCUT2D eigenvalue weighted by Crippen LogP contribution is -2.45. The van der Waals surface area contributed by atoms with Gasteiger partial charge in [0.15, 0.2) is 0 Å². The zero-order valence-electron chi connectivity index (χ0n) is 14.9. The molecule has 0 bridgehead atoms. The molecule has 0 spiro atoms. The highest BCUT2D eigenvalue weighted by Gasteiger charge is 2.23. The predicted molar refractivity (Wildman–Crippen MR) is 95.0 cm³/mol. The van der Waals surface area contributed by atoms with E-state index >= 15 is 0 Å². The molecule has 0 radical (unpaired) electrons. The number of ether oxygens (including phenoxy) is 1. The van der Waals surface area contributed by atoms with Crippen molar-refractivity contribution in [1.82, 2.24) is 4.90 Å². The van der Waals surface area contributed by atoms with E-state index < -0.39 is 0 Å². The van der Waals surface area contributed by atoms with Crippen LogP contribution >= 0.6 is 0 Å². The molecule has 2 rings (SSSR count). The maximum absolute atomic E-state index is 12.8. The molecule has 1 aliphatic rings. The Morgan fingerprint density at radius 3 is 2.46 bits per heavy atom. The minimum absolute atomic E-state index is 0.0612. The summed E-state index contributed by atoms with van der Waals surface area (Å²) in [5.41, 5.74) is 3.14. The molecule has 24 heavy (non-hydrogen) atoms. The molecule has 0 aliphatic carbocycles. The van der Waals surface area contributed by atoms with Crippen LogP contribution in [0.2, 0.25) is 0 Å². The van der Waals surface area contributed by atoms with Crippen LogP contribution in [-0.2, 0) is 9.53 Å². The number of hydrogen-bond donors (Lipinski definition) is 0. The quantitative estimate of drug-likeness (QED) is 0.805. The number of amides is 1. The minimum atomic E-state index is 0.0612. The Balaban J connectivity index is 2.07. The lowest BCUT2D eigenvalue weighted by Gasteiger charge is -2.32. The number of benzene rings is 1. The number of rotatable bonds is 6. The molecule has 0 saturated carbocycles. The highest BCUT2D eigenvalue weighted by molar-refractivity contribution is 5.95. The molecule has 1 heterocycles. The molecule has 1 aromatic carbocycles. The highest BCUT2D eigenvalue weighted by Crippen LogP contribution is 2.20. The van der Waals surface area contributed by atoms with Gasteiger partial charge in [0.2, 0.25) is 5.91 Å². The van der Waals surface area contributed by atoms with Crippen molar-refractivity contribution >= 4 is 11.6 Å².